The van der Waals surface area contributed by atoms with Gasteiger partial charge >= 0.3 is 11.9 Å². The summed E-state index contributed by atoms with van der Waals surface area (Å²) in [6.45, 7) is 8.69. The van der Waals surface area contributed by atoms with Gasteiger partial charge in [0.2, 0.25) is 11.7 Å². The molecule has 1 aliphatic heterocycles. The van der Waals surface area contributed by atoms with E-state index in [1.54, 1.807) is 6.07 Å². The van der Waals surface area contributed by atoms with E-state index in [1.165, 1.54) is 26.8 Å². The number of carbonyl (C=O) groups is 3. The molecule has 1 aromatic carbocycles. The van der Waals surface area contributed by atoms with Gasteiger partial charge in [-0.1, -0.05) is 26.7 Å². The lowest BCUT2D eigenvalue weighted by Gasteiger charge is -2.35. The van der Waals surface area contributed by atoms with E-state index in [0.29, 0.717) is 18.8 Å². The second-order valence-corrected chi connectivity index (χ2v) is 7.09. The molecule has 0 radical (unpaired) electrons. The number of hydrogen-bond donors (Lipinski definition) is 1. The Balaban J connectivity index is 2.68. The number of rotatable bonds is 8. The van der Waals surface area contributed by atoms with Gasteiger partial charge in [0.25, 0.3) is 0 Å². The van der Waals surface area contributed by atoms with Crippen molar-refractivity contribution < 1.29 is 33.3 Å². The number of ether oxygens (including phenoxy) is 4. The smallest absolute Gasteiger partial charge is 0.308 e. The summed E-state index contributed by atoms with van der Waals surface area (Å²) in [4.78, 5) is 35.2. The highest BCUT2D eigenvalue weighted by molar-refractivity contribution is 5.94. The van der Waals surface area contributed by atoms with Gasteiger partial charge in [-0.15, -0.1) is 0 Å². The van der Waals surface area contributed by atoms with Gasteiger partial charge in [0.15, 0.2) is 11.5 Å². The number of anilines is 1. The molecular weight excluding hydrogens is 378 g/mol. The zero-order chi connectivity index (χ0) is 21.6. The molecule has 1 amide bonds. The predicted octanol–water partition coefficient (Wildman–Crippen LogP) is 3.52. The normalized spacial score (nSPS) is 16.2. The van der Waals surface area contributed by atoms with Crippen LogP contribution in [0.25, 0.3) is 0 Å². The molecule has 1 aliphatic rings. The summed E-state index contributed by atoms with van der Waals surface area (Å²) >= 11 is 0. The number of amides is 1. The van der Waals surface area contributed by atoms with Crippen molar-refractivity contribution in [3.05, 3.63) is 17.7 Å². The molecule has 8 nitrogen and oxygen atoms in total. The van der Waals surface area contributed by atoms with Gasteiger partial charge < -0.3 is 24.3 Å². The van der Waals surface area contributed by atoms with Gasteiger partial charge in [0.1, 0.15) is 5.69 Å². The van der Waals surface area contributed by atoms with Gasteiger partial charge in [-0.2, -0.15) is 0 Å². The molecule has 29 heavy (non-hydrogen) atoms. The molecular formula is C21H29NO7. The lowest BCUT2D eigenvalue weighted by atomic mass is 9.87. The summed E-state index contributed by atoms with van der Waals surface area (Å²) in [7, 11) is 0. The van der Waals surface area contributed by atoms with Gasteiger partial charge in [-0.3, -0.25) is 14.4 Å². The van der Waals surface area contributed by atoms with Crippen LogP contribution in [0.1, 0.15) is 59.4 Å². The summed E-state index contributed by atoms with van der Waals surface area (Å²) < 4.78 is 22.8. The number of unbranched alkanes of at least 4 members (excludes halogenated alkanes) is 1. The van der Waals surface area contributed by atoms with Crippen LogP contribution in [-0.2, 0) is 29.6 Å². The summed E-state index contributed by atoms with van der Waals surface area (Å²) in [5, 5.41) is 2.61. The van der Waals surface area contributed by atoms with Gasteiger partial charge in [-0.05, 0) is 18.6 Å². The third-order valence-corrected chi connectivity index (χ3v) is 4.65. The largest absolute Gasteiger partial charge is 0.424 e. The van der Waals surface area contributed by atoms with Crippen LogP contribution in [0.4, 0.5) is 5.69 Å². The molecule has 1 N–H and O–H groups in total. The fraction of sp³-hybridized carbons (Fsp3) is 0.571. The Hall–Kier alpha value is -2.45. The topological polar surface area (TPSA) is 100 Å². The molecule has 0 saturated carbocycles. The SMILES string of the molecule is CCCCC(C)C1(c2ccc(OC(C)=O)c(NC(C)=O)c2OC(C)=O)OCCO1. The molecule has 1 heterocycles. The summed E-state index contributed by atoms with van der Waals surface area (Å²) in [6, 6.07) is 3.18. The van der Waals surface area contributed by atoms with Crippen molar-refractivity contribution in [1.82, 2.24) is 0 Å². The average Bonchev–Trinajstić information content (AvgIpc) is 3.12. The Morgan fingerprint density at radius 1 is 1.10 bits per heavy atom. The number of nitrogens with one attached hydrogen (secondary N) is 1. The Kier molecular flexibility index (Phi) is 7.75. The minimum Gasteiger partial charge on any atom is -0.424 e. The Morgan fingerprint density at radius 2 is 1.72 bits per heavy atom. The molecule has 0 spiro atoms. The predicted molar refractivity (Wildman–Crippen MR) is 106 cm³/mol. The molecule has 0 aliphatic carbocycles. The van der Waals surface area contributed by atoms with E-state index < -0.39 is 23.6 Å². The van der Waals surface area contributed by atoms with Crippen LogP contribution in [0.15, 0.2) is 12.1 Å². The van der Waals surface area contributed by atoms with Gasteiger partial charge in [-0.25, -0.2) is 0 Å². The quantitative estimate of drug-likeness (QED) is 0.520. The van der Waals surface area contributed by atoms with E-state index >= 15 is 0 Å². The zero-order valence-electron chi connectivity index (χ0n) is 17.6. The molecule has 160 valence electrons. The summed E-state index contributed by atoms with van der Waals surface area (Å²) in [5.74, 6) is -2.64. The molecule has 0 aromatic heterocycles. The second kappa shape index (κ2) is 9.84. The standard InChI is InChI=1S/C21H29NO7/c1-6-7-8-13(2)21(26-11-12-27-21)17-9-10-18(28-15(4)24)19(22-14(3)23)20(17)29-16(5)25/h9-10,13H,6-8,11-12H2,1-5H3,(H,22,23). The van der Waals surface area contributed by atoms with Crippen LogP contribution in [0.3, 0.4) is 0 Å². The maximum atomic E-state index is 11.9. The first-order valence-electron chi connectivity index (χ1n) is 9.81. The first kappa shape index (κ1) is 22.8. The molecule has 1 fully saturated rings. The third-order valence-electron chi connectivity index (χ3n) is 4.65. The van der Waals surface area contributed by atoms with E-state index in [1.807, 2.05) is 6.92 Å². The van der Waals surface area contributed by atoms with Crippen molar-refractivity contribution in [3.8, 4) is 11.5 Å². The fourth-order valence-corrected chi connectivity index (χ4v) is 3.46. The molecule has 0 bridgehead atoms. The minimum atomic E-state index is -1.14. The molecule has 1 unspecified atom stereocenters. The summed E-state index contributed by atoms with van der Waals surface area (Å²) in [5.41, 5.74) is 0.551. The maximum Gasteiger partial charge on any atom is 0.308 e. The zero-order valence-corrected chi connectivity index (χ0v) is 17.6. The van der Waals surface area contributed by atoms with Crippen LogP contribution in [-0.4, -0.2) is 31.1 Å². The number of benzene rings is 1. The van der Waals surface area contributed by atoms with E-state index in [9.17, 15) is 14.4 Å². The lowest BCUT2D eigenvalue weighted by Crippen LogP contribution is -2.36. The summed E-state index contributed by atoms with van der Waals surface area (Å²) in [6.07, 6.45) is 2.82. The lowest BCUT2D eigenvalue weighted by molar-refractivity contribution is -0.203. The van der Waals surface area contributed by atoms with Crippen molar-refractivity contribution in [2.24, 2.45) is 5.92 Å². The fourth-order valence-electron chi connectivity index (χ4n) is 3.46. The van der Waals surface area contributed by atoms with Gasteiger partial charge in [0.05, 0.1) is 18.8 Å². The van der Waals surface area contributed by atoms with Crippen LogP contribution >= 0.6 is 0 Å². The molecule has 8 heteroatoms. The highest BCUT2D eigenvalue weighted by Crippen LogP contribution is 2.49. The monoisotopic (exact) mass is 407 g/mol. The number of esters is 2. The van der Waals surface area contributed by atoms with Crippen molar-refractivity contribution in [3.63, 3.8) is 0 Å². The van der Waals surface area contributed by atoms with E-state index in [0.717, 1.165) is 19.3 Å². The first-order valence-corrected chi connectivity index (χ1v) is 9.81. The number of carbonyl (C=O) groups excluding carboxylic acids is 3. The Bertz CT molecular complexity index is 769. The van der Waals surface area contributed by atoms with E-state index in [-0.39, 0.29) is 23.1 Å². The maximum absolute atomic E-state index is 11.9. The molecule has 1 aromatic rings. The number of hydrogen-bond acceptors (Lipinski definition) is 7. The third kappa shape index (κ3) is 5.33. The van der Waals surface area contributed by atoms with Crippen molar-refractivity contribution in [2.45, 2.75) is 59.7 Å². The average molecular weight is 407 g/mol. The highest BCUT2D eigenvalue weighted by Gasteiger charge is 2.46. The Labute approximate surface area is 170 Å². The van der Waals surface area contributed by atoms with Crippen LogP contribution in [0, 0.1) is 5.92 Å². The molecule has 1 saturated heterocycles. The minimum absolute atomic E-state index is 0.0518. The van der Waals surface area contributed by atoms with Crippen molar-refractivity contribution in [2.75, 3.05) is 18.5 Å². The Morgan fingerprint density at radius 3 is 2.24 bits per heavy atom. The van der Waals surface area contributed by atoms with Crippen molar-refractivity contribution >= 4 is 23.5 Å². The van der Waals surface area contributed by atoms with Crippen molar-refractivity contribution in [1.29, 1.82) is 0 Å². The second-order valence-electron chi connectivity index (χ2n) is 7.09. The van der Waals surface area contributed by atoms with Crippen LogP contribution < -0.4 is 14.8 Å². The van der Waals surface area contributed by atoms with E-state index in [2.05, 4.69) is 12.2 Å². The molecule has 1 atom stereocenters. The van der Waals surface area contributed by atoms with Gasteiger partial charge in [0, 0.05) is 26.7 Å². The van der Waals surface area contributed by atoms with E-state index in [4.69, 9.17) is 18.9 Å². The first-order chi connectivity index (χ1) is 13.7. The highest BCUT2D eigenvalue weighted by atomic mass is 16.7. The van der Waals surface area contributed by atoms with Crippen LogP contribution in [0.2, 0.25) is 0 Å². The van der Waals surface area contributed by atoms with Crippen LogP contribution in [0.5, 0.6) is 11.5 Å². The molecule has 2 rings (SSSR count).